The molecule has 0 nitrogen and oxygen atoms in total. The van der Waals surface area contributed by atoms with Crippen molar-refractivity contribution in [3.63, 3.8) is 0 Å². The van der Waals surface area contributed by atoms with Gasteiger partial charge < -0.3 is 37.1 Å². The smallest absolute Gasteiger partial charge is 0.358 e. The number of hydrogen-bond donors (Lipinski definition) is 0. The van der Waals surface area contributed by atoms with Crippen LogP contribution in [0.1, 0.15) is 0 Å². The van der Waals surface area contributed by atoms with Gasteiger partial charge in [0.25, 0.3) is 0 Å². The fourth-order valence-electron chi connectivity index (χ4n) is 0.321. The Labute approximate surface area is 97.3 Å². The molecule has 0 aromatic heterocycles. The van der Waals surface area contributed by atoms with Crippen molar-refractivity contribution in [1.29, 1.82) is 0 Å². The van der Waals surface area contributed by atoms with Crippen LogP contribution in [0.4, 0.5) is 0 Å². The van der Waals surface area contributed by atoms with Gasteiger partial charge in [-0.25, -0.2) is 12.1 Å². The fraction of sp³-hybridized carbons (Fsp3) is 0. The summed E-state index contributed by atoms with van der Waals surface area (Å²) in [7, 11) is 0. The quantitative estimate of drug-likeness (QED) is 0.587. The van der Waals surface area contributed by atoms with Crippen molar-refractivity contribution in [2.24, 2.45) is 0 Å². The first-order valence-electron chi connectivity index (χ1n) is 1.67. The Morgan fingerprint density at radius 1 is 0.667 bits per heavy atom. The molecule has 0 saturated carbocycles. The third-order valence-electron chi connectivity index (χ3n) is 0.556. The average Bonchev–Trinajstić information content (AvgIpc) is 1.76. The predicted molar refractivity (Wildman–Crippen MR) is 61.4 cm³/mol. The van der Waals surface area contributed by atoms with E-state index in [1.807, 2.05) is 30.3 Å². The summed E-state index contributed by atoms with van der Waals surface area (Å²) in [6.45, 7) is 0. The Balaban J connectivity index is -0.00000000714. The second kappa shape index (κ2) is 43.2. The van der Waals surface area contributed by atoms with E-state index in [0.717, 1.165) is 0 Å². The first-order valence-corrected chi connectivity index (χ1v) is 1.67. The van der Waals surface area contributed by atoms with Gasteiger partial charge >= 0.3 is 17.4 Å². The van der Waals surface area contributed by atoms with Crippen molar-refractivity contribution in [2.45, 2.75) is 0 Å². The second-order valence-electron chi connectivity index (χ2n) is 0.962. The Morgan fingerprint density at radius 2 is 0.917 bits per heavy atom. The molecule has 0 spiro atoms. The summed E-state index contributed by atoms with van der Waals surface area (Å²) in [5, 5.41) is 0. The van der Waals surface area contributed by atoms with Crippen molar-refractivity contribution in [2.75, 3.05) is 0 Å². The van der Waals surface area contributed by atoms with Gasteiger partial charge in [0.15, 0.2) is 0 Å². The minimum atomic E-state index is 0. The molecule has 1 aromatic carbocycles. The van der Waals surface area contributed by atoms with Crippen LogP contribution in [-0.4, -0.2) is 0 Å². The van der Waals surface area contributed by atoms with E-state index in [-0.39, 0.29) is 66.9 Å². The van der Waals surface area contributed by atoms with E-state index in [0.29, 0.717) is 0 Å². The van der Waals surface area contributed by atoms with Crippen molar-refractivity contribution in [3.8, 4) is 0 Å². The molecule has 1 rings (SSSR count). The molecule has 0 unspecified atom stereocenters. The zero-order chi connectivity index (χ0) is 3.54. The normalized spacial score (nSPS) is 3.33. The van der Waals surface area contributed by atoms with Gasteiger partial charge in [-0.1, -0.05) is 0 Å². The molecule has 0 radical (unpaired) electrons. The van der Waals surface area contributed by atoms with Gasteiger partial charge in [0.1, 0.15) is 0 Å². The van der Waals surface area contributed by atoms with Crippen molar-refractivity contribution in [1.82, 2.24) is 0 Å². The van der Waals surface area contributed by atoms with Crippen LogP contribution in [-0.2, 0) is 17.4 Å². The molecule has 0 bridgehead atoms. The maximum atomic E-state index is 2.00. The van der Waals surface area contributed by atoms with Gasteiger partial charge in [-0.3, -0.25) is 0 Å². The van der Waals surface area contributed by atoms with E-state index in [1.165, 1.54) is 0 Å². The fourth-order valence-corrected chi connectivity index (χ4v) is 0.321. The van der Waals surface area contributed by atoms with E-state index in [4.69, 9.17) is 0 Å². The summed E-state index contributed by atoms with van der Waals surface area (Å²) in [5.41, 5.74) is 0. The SMILES string of the molecule is Cl.[CH3-].[CH3-].[CH3-].[CH3-].[CH3-].[Cr+6].c1cc[cH-]c1. The molecule has 0 aliphatic heterocycles. The molecule has 12 heavy (non-hydrogen) atoms. The molecule has 0 amide bonds. The van der Waals surface area contributed by atoms with Gasteiger partial charge in [-0.2, -0.15) is 18.2 Å². The summed E-state index contributed by atoms with van der Waals surface area (Å²) in [6.07, 6.45) is 0. The predicted octanol–water partition coefficient (Wildman–Crippen LogP) is 4.08. The van der Waals surface area contributed by atoms with E-state index in [9.17, 15) is 0 Å². The molecule has 0 saturated heterocycles. The van der Waals surface area contributed by atoms with Crippen molar-refractivity contribution >= 4 is 12.4 Å². The van der Waals surface area contributed by atoms with Crippen LogP contribution in [0.2, 0.25) is 0 Å². The van der Waals surface area contributed by atoms with Crippen LogP contribution in [0, 0.1) is 37.1 Å². The van der Waals surface area contributed by atoms with Gasteiger partial charge in [-0.15, -0.1) is 12.4 Å². The minimum Gasteiger partial charge on any atom is -0.358 e. The van der Waals surface area contributed by atoms with Crippen LogP contribution < -0.4 is 0 Å². The molecule has 74 valence electrons. The first-order chi connectivity index (χ1) is 2.50. The first kappa shape index (κ1) is 56.8. The Morgan fingerprint density at radius 3 is 1.00 bits per heavy atom. The maximum Gasteiger partial charge on any atom is 6.00 e. The minimum absolute atomic E-state index is 0. The molecule has 0 atom stereocenters. The van der Waals surface area contributed by atoms with Gasteiger partial charge in [0.05, 0.1) is 0 Å². The molecule has 0 aliphatic rings. The van der Waals surface area contributed by atoms with Crippen molar-refractivity contribution < 1.29 is 17.4 Å². The number of hydrogen-bond acceptors (Lipinski definition) is 0. The Bertz CT molecular complexity index is 66.3. The van der Waals surface area contributed by atoms with Gasteiger partial charge in [-0.05, 0) is 0 Å². The summed E-state index contributed by atoms with van der Waals surface area (Å²) in [6, 6.07) is 10.0. The van der Waals surface area contributed by atoms with E-state index < -0.39 is 0 Å². The third-order valence-corrected chi connectivity index (χ3v) is 0.556. The molecule has 2 heteroatoms. The molecule has 0 heterocycles. The maximum absolute atomic E-state index is 2.00. The molecule has 0 N–H and O–H groups in total. The van der Waals surface area contributed by atoms with E-state index in [2.05, 4.69) is 0 Å². The van der Waals surface area contributed by atoms with Crippen LogP contribution in [0.3, 0.4) is 0 Å². The van der Waals surface area contributed by atoms with Crippen LogP contribution in [0.15, 0.2) is 30.3 Å². The summed E-state index contributed by atoms with van der Waals surface area (Å²) in [4.78, 5) is 0. The van der Waals surface area contributed by atoms with Crippen LogP contribution in [0.25, 0.3) is 0 Å². The molecule has 0 fully saturated rings. The standard InChI is InChI=1S/C5H5.5CH3.ClH.Cr/c1-2-4-5-3-1;;;;;;;/h1-5H;5*1H3;1H;/q6*-1;;+6. The monoisotopic (exact) mass is 228 g/mol. The zero-order valence-corrected chi connectivity index (χ0v) is 10.8. The largest absolute Gasteiger partial charge is 6.00 e. The molecule has 0 aliphatic carbocycles. The second-order valence-corrected chi connectivity index (χ2v) is 0.962. The van der Waals surface area contributed by atoms with E-state index >= 15 is 0 Å². The van der Waals surface area contributed by atoms with Crippen LogP contribution in [0.5, 0.6) is 0 Å². The summed E-state index contributed by atoms with van der Waals surface area (Å²) >= 11 is 0. The number of rotatable bonds is 0. The van der Waals surface area contributed by atoms with Crippen molar-refractivity contribution in [3.05, 3.63) is 67.5 Å². The van der Waals surface area contributed by atoms with E-state index in [1.54, 1.807) is 0 Å². The molecular formula is C10H21ClCr. The molecular weight excluding hydrogens is 208 g/mol. The Kier molecular flexibility index (Phi) is 205. The number of halogens is 1. The van der Waals surface area contributed by atoms with Crippen LogP contribution >= 0.6 is 12.4 Å². The zero-order valence-electron chi connectivity index (χ0n) is 8.70. The topological polar surface area (TPSA) is 0 Å². The average molecular weight is 229 g/mol. The Hall–Kier alpha value is 0.172. The molecule has 1 aromatic rings. The van der Waals surface area contributed by atoms with Gasteiger partial charge in [0, 0.05) is 0 Å². The summed E-state index contributed by atoms with van der Waals surface area (Å²) in [5.74, 6) is 0. The third kappa shape index (κ3) is 32.0. The summed E-state index contributed by atoms with van der Waals surface area (Å²) < 4.78 is 0. The van der Waals surface area contributed by atoms with Gasteiger partial charge in [0.2, 0.25) is 0 Å².